The van der Waals surface area contributed by atoms with Crippen LogP contribution in [0.1, 0.15) is 19.3 Å². The van der Waals surface area contributed by atoms with Gasteiger partial charge in [-0.2, -0.15) is 0 Å². The average Bonchev–Trinajstić information content (AvgIpc) is 2.53. The number of carboxylic acids is 1. The number of thioether (sulfide) groups is 1. The van der Waals surface area contributed by atoms with Gasteiger partial charge in [0.05, 0.1) is 25.7 Å². The van der Waals surface area contributed by atoms with Crippen molar-refractivity contribution >= 4 is 35.2 Å². The Labute approximate surface area is 144 Å². The predicted octanol–water partition coefficient (Wildman–Crippen LogP) is 2.91. The lowest BCUT2D eigenvalue weighted by molar-refractivity contribution is -0.146. The molecule has 23 heavy (non-hydrogen) atoms. The van der Waals surface area contributed by atoms with Crippen molar-refractivity contribution in [3.8, 4) is 0 Å². The fourth-order valence-corrected chi connectivity index (χ4v) is 3.42. The Kier molecular flexibility index (Phi) is 7.20. The highest BCUT2D eigenvalue weighted by Crippen LogP contribution is 2.22. The first-order valence-corrected chi connectivity index (χ1v) is 8.90. The van der Waals surface area contributed by atoms with Crippen molar-refractivity contribution in [2.24, 2.45) is 0 Å². The molecule has 1 amide bonds. The SMILES string of the molecule is O=C(O)CC1COCCN1C(=O)CCCSc1ccc(Cl)cc1. The number of aliphatic carboxylic acids is 1. The first-order chi connectivity index (χ1) is 11.1. The number of halogens is 1. The van der Waals surface area contributed by atoms with E-state index in [0.29, 0.717) is 31.2 Å². The number of rotatable bonds is 7. The van der Waals surface area contributed by atoms with E-state index in [0.717, 1.165) is 17.1 Å². The monoisotopic (exact) mass is 357 g/mol. The van der Waals surface area contributed by atoms with Gasteiger partial charge in [-0.25, -0.2) is 0 Å². The summed E-state index contributed by atoms with van der Waals surface area (Å²) >= 11 is 7.52. The van der Waals surface area contributed by atoms with Gasteiger partial charge in [0, 0.05) is 22.9 Å². The number of amides is 1. The zero-order chi connectivity index (χ0) is 16.7. The molecule has 0 spiro atoms. The number of carbonyl (C=O) groups excluding carboxylic acids is 1. The van der Waals surface area contributed by atoms with Gasteiger partial charge in [-0.1, -0.05) is 11.6 Å². The summed E-state index contributed by atoms with van der Waals surface area (Å²) in [5.41, 5.74) is 0. The molecule has 0 bridgehead atoms. The van der Waals surface area contributed by atoms with E-state index in [-0.39, 0.29) is 18.4 Å². The topological polar surface area (TPSA) is 66.8 Å². The minimum absolute atomic E-state index is 0.0104. The van der Waals surface area contributed by atoms with Gasteiger partial charge < -0.3 is 14.7 Å². The van der Waals surface area contributed by atoms with Crippen LogP contribution in [0.3, 0.4) is 0 Å². The van der Waals surface area contributed by atoms with Crippen LogP contribution in [-0.4, -0.2) is 53.4 Å². The van der Waals surface area contributed by atoms with E-state index in [1.165, 1.54) is 0 Å². The summed E-state index contributed by atoms with van der Waals surface area (Å²) in [6, 6.07) is 7.26. The molecule has 1 aliphatic rings. The summed E-state index contributed by atoms with van der Waals surface area (Å²) in [6.45, 7) is 1.25. The maximum atomic E-state index is 12.3. The van der Waals surface area contributed by atoms with E-state index in [4.69, 9.17) is 21.4 Å². The van der Waals surface area contributed by atoms with Gasteiger partial charge in [-0.05, 0) is 36.4 Å². The molecule has 0 radical (unpaired) electrons. The highest BCUT2D eigenvalue weighted by atomic mass is 35.5. The Morgan fingerprint density at radius 2 is 2.09 bits per heavy atom. The van der Waals surface area contributed by atoms with Crippen LogP contribution in [0.25, 0.3) is 0 Å². The van der Waals surface area contributed by atoms with Crippen molar-refractivity contribution in [1.82, 2.24) is 4.90 Å². The molecule has 7 heteroatoms. The lowest BCUT2D eigenvalue weighted by Crippen LogP contribution is -2.49. The van der Waals surface area contributed by atoms with Crippen LogP contribution in [0.15, 0.2) is 29.2 Å². The Hall–Kier alpha value is -1.24. The quantitative estimate of drug-likeness (QED) is 0.600. The van der Waals surface area contributed by atoms with Gasteiger partial charge in [-0.3, -0.25) is 9.59 Å². The normalized spacial score (nSPS) is 18.0. The summed E-state index contributed by atoms with van der Waals surface area (Å²) < 4.78 is 5.28. The number of ether oxygens (including phenoxy) is 1. The zero-order valence-electron chi connectivity index (χ0n) is 12.7. The smallest absolute Gasteiger partial charge is 0.305 e. The predicted molar refractivity (Wildman–Crippen MR) is 90.0 cm³/mol. The van der Waals surface area contributed by atoms with Crippen molar-refractivity contribution in [3.05, 3.63) is 29.3 Å². The van der Waals surface area contributed by atoms with Crippen molar-refractivity contribution < 1.29 is 19.4 Å². The molecule has 1 aromatic rings. The van der Waals surface area contributed by atoms with E-state index < -0.39 is 5.97 Å². The second-order valence-corrected chi connectivity index (χ2v) is 6.92. The molecular weight excluding hydrogens is 338 g/mol. The lowest BCUT2D eigenvalue weighted by Gasteiger charge is -2.35. The molecule has 1 saturated heterocycles. The third-order valence-corrected chi connectivity index (χ3v) is 4.93. The summed E-state index contributed by atoms with van der Waals surface area (Å²) in [7, 11) is 0. The minimum atomic E-state index is -0.906. The Morgan fingerprint density at radius 1 is 1.35 bits per heavy atom. The van der Waals surface area contributed by atoms with E-state index in [2.05, 4.69) is 0 Å². The molecule has 1 heterocycles. The number of hydrogen-bond donors (Lipinski definition) is 1. The van der Waals surface area contributed by atoms with E-state index in [1.54, 1.807) is 16.7 Å². The molecule has 1 N–H and O–H groups in total. The third kappa shape index (κ3) is 6.05. The van der Waals surface area contributed by atoms with Crippen molar-refractivity contribution in [3.63, 3.8) is 0 Å². The highest BCUT2D eigenvalue weighted by molar-refractivity contribution is 7.99. The largest absolute Gasteiger partial charge is 0.481 e. The molecule has 126 valence electrons. The maximum Gasteiger partial charge on any atom is 0.305 e. The molecule has 1 aromatic carbocycles. The van der Waals surface area contributed by atoms with E-state index in [1.807, 2.05) is 24.3 Å². The Balaban J connectivity index is 1.74. The summed E-state index contributed by atoms with van der Waals surface area (Å²) in [5, 5.41) is 9.63. The molecule has 1 aliphatic heterocycles. The second-order valence-electron chi connectivity index (χ2n) is 5.32. The molecular formula is C16H20ClNO4S. The summed E-state index contributed by atoms with van der Waals surface area (Å²) in [6.07, 6.45) is 1.12. The molecule has 5 nitrogen and oxygen atoms in total. The number of carbonyl (C=O) groups is 2. The van der Waals surface area contributed by atoms with Crippen LogP contribution >= 0.6 is 23.4 Å². The molecule has 0 saturated carbocycles. The molecule has 0 aliphatic carbocycles. The number of morpholine rings is 1. The van der Waals surface area contributed by atoms with Crippen molar-refractivity contribution in [1.29, 1.82) is 0 Å². The molecule has 1 fully saturated rings. The first kappa shape index (κ1) is 18.1. The summed E-state index contributed by atoms with van der Waals surface area (Å²) in [5.74, 6) is -0.0609. The fraction of sp³-hybridized carbons (Fsp3) is 0.500. The van der Waals surface area contributed by atoms with Gasteiger partial charge in [0.25, 0.3) is 0 Å². The Morgan fingerprint density at radius 3 is 2.78 bits per heavy atom. The third-order valence-electron chi connectivity index (χ3n) is 3.58. The van der Waals surface area contributed by atoms with Crippen LogP contribution in [-0.2, 0) is 14.3 Å². The van der Waals surface area contributed by atoms with E-state index >= 15 is 0 Å². The second kappa shape index (κ2) is 9.15. The van der Waals surface area contributed by atoms with Crippen LogP contribution in [0, 0.1) is 0 Å². The van der Waals surface area contributed by atoms with Gasteiger partial charge in [0.15, 0.2) is 0 Å². The number of nitrogens with zero attached hydrogens (tertiary/aromatic N) is 1. The van der Waals surface area contributed by atoms with Gasteiger partial charge in [0.2, 0.25) is 5.91 Å². The molecule has 0 aromatic heterocycles. The highest BCUT2D eigenvalue weighted by Gasteiger charge is 2.28. The van der Waals surface area contributed by atoms with Gasteiger partial charge in [-0.15, -0.1) is 11.8 Å². The van der Waals surface area contributed by atoms with Crippen molar-refractivity contribution in [2.45, 2.75) is 30.2 Å². The van der Waals surface area contributed by atoms with Crippen LogP contribution in [0.4, 0.5) is 0 Å². The molecule has 1 unspecified atom stereocenters. The maximum absolute atomic E-state index is 12.3. The average molecular weight is 358 g/mol. The first-order valence-electron chi connectivity index (χ1n) is 7.53. The standard InChI is InChI=1S/C16H20ClNO4S/c17-12-3-5-14(6-4-12)23-9-1-2-15(19)18-7-8-22-11-13(18)10-16(20)21/h3-6,13H,1-2,7-11H2,(H,20,21). The van der Waals surface area contributed by atoms with E-state index in [9.17, 15) is 9.59 Å². The Bertz CT molecular complexity index is 537. The summed E-state index contributed by atoms with van der Waals surface area (Å²) in [4.78, 5) is 25.9. The van der Waals surface area contributed by atoms with Crippen LogP contribution < -0.4 is 0 Å². The van der Waals surface area contributed by atoms with Crippen molar-refractivity contribution in [2.75, 3.05) is 25.5 Å². The molecule has 1 atom stereocenters. The number of hydrogen-bond acceptors (Lipinski definition) is 4. The minimum Gasteiger partial charge on any atom is -0.481 e. The van der Waals surface area contributed by atoms with Gasteiger partial charge >= 0.3 is 5.97 Å². The van der Waals surface area contributed by atoms with Gasteiger partial charge in [0.1, 0.15) is 0 Å². The van der Waals surface area contributed by atoms with Crippen LogP contribution in [0.2, 0.25) is 5.02 Å². The fourth-order valence-electron chi connectivity index (χ4n) is 2.44. The zero-order valence-corrected chi connectivity index (χ0v) is 14.3. The molecule has 2 rings (SSSR count). The number of benzene rings is 1. The lowest BCUT2D eigenvalue weighted by atomic mass is 10.1. The number of carboxylic acid groups (broad SMARTS) is 1. The van der Waals surface area contributed by atoms with Crippen LogP contribution in [0.5, 0.6) is 0 Å².